The minimum Gasteiger partial charge on any atom is -0.481 e. The lowest BCUT2D eigenvalue weighted by molar-refractivity contribution is -0.139. The molecule has 1 heterocycles. The van der Waals surface area contributed by atoms with E-state index in [2.05, 4.69) is 10.6 Å². The van der Waals surface area contributed by atoms with E-state index in [4.69, 9.17) is 11.6 Å². The zero-order valence-electron chi connectivity index (χ0n) is 14.5. The van der Waals surface area contributed by atoms with Crippen LogP contribution in [0.4, 0.5) is 11.4 Å². The van der Waals surface area contributed by atoms with E-state index in [0.717, 1.165) is 0 Å². The van der Waals surface area contributed by atoms with Gasteiger partial charge in [0.1, 0.15) is 0 Å². The molecule has 142 valence electrons. The van der Waals surface area contributed by atoms with Gasteiger partial charge in [-0.2, -0.15) is 0 Å². The molecule has 0 saturated carbocycles. The Kier molecular flexibility index (Phi) is 4.65. The third-order valence-corrected chi connectivity index (χ3v) is 7.26. The molecule has 1 aliphatic heterocycles. The van der Waals surface area contributed by atoms with E-state index in [1.54, 1.807) is 38.1 Å². The monoisotopic (exact) mass is 408 g/mol. The fourth-order valence-corrected chi connectivity index (χ4v) is 5.31. The maximum atomic E-state index is 13.5. The van der Waals surface area contributed by atoms with E-state index in [9.17, 15) is 23.1 Å². The molecule has 3 N–H and O–H groups in total. The van der Waals surface area contributed by atoms with Gasteiger partial charge in [0.2, 0.25) is 14.7 Å². The van der Waals surface area contributed by atoms with Gasteiger partial charge >= 0.3 is 5.97 Å². The Bertz CT molecular complexity index is 1070. The smallest absolute Gasteiger partial charge is 0.307 e. The first kappa shape index (κ1) is 19.2. The summed E-state index contributed by atoms with van der Waals surface area (Å²) in [6.07, 6.45) is -0.948. The Labute approximate surface area is 161 Å². The van der Waals surface area contributed by atoms with Crippen LogP contribution < -0.4 is 10.6 Å². The van der Waals surface area contributed by atoms with Crippen LogP contribution in [0, 0.1) is 13.8 Å². The van der Waals surface area contributed by atoms with Crippen molar-refractivity contribution in [2.45, 2.75) is 30.0 Å². The molecule has 9 heteroatoms. The minimum atomic E-state index is -4.44. The number of carbonyl (C=O) groups excluding carboxylic acids is 1. The number of sulfone groups is 1. The summed E-state index contributed by atoms with van der Waals surface area (Å²) in [6.45, 7) is 3.18. The summed E-state index contributed by atoms with van der Waals surface area (Å²) in [5, 5.41) is 14.9. The molecule has 27 heavy (non-hydrogen) atoms. The summed E-state index contributed by atoms with van der Waals surface area (Å²) in [4.78, 5) is 21.8. The highest BCUT2D eigenvalue weighted by molar-refractivity contribution is 7.93. The molecule has 0 spiro atoms. The molecule has 1 amide bonds. The minimum absolute atomic E-state index is 0.146. The van der Waals surface area contributed by atoms with Crippen LogP contribution in [0.2, 0.25) is 5.02 Å². The van der Waals surface area contributed by atoms with Crippen LogP contribution >= 0.6 is 11.6 Å². The van der Waals surface area contributed by atoms with E-state index in [0.29, 0.717) is 27.5 Å². The van der Waals surface area contributed by atoms with Crippen molar-refractivity contribution in [2.24, 2.45) is 0 Å². The number of carboxylic acid groups (broad SMARTS) is 1. The molecule has 0 aromatic heterocycles. The maximum absolute atomic E-state index is 13.5. The number of hydrogen-bond acceptors (Lipinski definition) is 5. The summed E-state index contributed by atoms with van der Waals surface area (Å²) in [7, 11) is -4.44. The van der Waals surface area contributed by atoms with Crippen LogP contribution in [0.3, 0.4) is 0 Å². The van der Waals surface area contributed by atoms with Gasteiger partial charge in [-0.05, 0) is 49.2 Å². The number of rotatable bonds is 4. The number of nitrogens with one attached hydrogen (secondary N) is 2. The predicted molar refractivity (Wildman–Crippen MR) is 102 cm³/mol. The van der Waals surface area contributed by atoms with Crippen LogP contribution in [-0.4, -0.2) is 30.3 Å². The second-order valence-electron chi connectivity index (χ2n) is 6.39. The van der Waals surface area contributed by atoms with Crippen molar-refractivity contribution in [3.63, 3.8) is 0 Å². The van der Waals surface area contributed by atoms with Crippen LogP contribution in [-0.2, 0) is 19.4 Å². The Morgan fingerprint density at radius 2 is 1.78 bits per heavy atom. The standard InChI is InChI=1S/C18H17ClN2O5S/c1-10-8-15(11(2)7-12(10)19)27(25,26)18(9-16(22)23)17(24)20-13-5-3-4-6-14(13)21-18/h3-8,21H,9H2,1-2H3,(H,20,24)(H,22,23)/t18-/m0/s1. The van der Waals surface area contributed by atoms with Crippen molar-refractivity contribution < 1.29 is 23.1 Å². The number of carboxylic acids is 1. The normalized spacial score (nSPS) is 19.0. The van der Waals surface area contributed by atoms with Gasteiger partial charge in [-0.1, -0.05) is 23.7 Å². The van der Waals surface area contributed by atoms with E-state index in [-0.39, 0.29) is 4.90 Å². The zero-order valence-corrected chi connectivity index (χ0v) is 16.1. The fourth-order valence-electron chi connectivity index (χ4n) is 3.05. The molecule has 0 aliphatic carbocycles. The fraction of sp³-hybridized carbons (Fsp3) is 0.222. The van der Waals surface area contributed by atoms with Crippen molar-refractivity contribution in [1.82, 2.24) is 0 Å². The lowest BCUT2D eigenvalue weighted by Crippen LogP contribution is -2.59. The summed E-state index contributed by atoms with van der Waals surface area (Å²) in [5.74, 6) is -2.38. The number of fused-ring (bicyclic) bond motifs is 1. The lowest BCUT2D eigenvalue weighted by atomic mass is 10.1. The molecular formula is C18H17ClN2O5S. The van der Waals surface area contributed by atoms with Crippen LogP contribution in [0.15, 0.2) is 41.3 Å². The number of hydrogen-bond donors (Lipinski definition) is 3. The molecule has 3 rings (SSSR count). The maximum Gasteiger partial charge on any atom is 0.307 e. The Morgan fingerprint density at radius 3 is 2.41 bits per heavy atom. The molecule has 0 bridgehead atoms. The van der Waals surface area contributed by atoms with Gasteiger partial charge in [-0.25, -0.2) is 8.42 Å². The molecule has 0 radical (unpaired) electrons. The molecule has 0 fully saturated rings. The zero-order chi connectivity index (χ0) is 20.0. The number of carbonyl (C=O) groups is 2. The number of aliphatic carboxylic acids is 1. The molecule has 7 nitrogen and oxygen atoms in total. The summed E-state index contributed by atoms with van der Waals surface area (Å²) >= 11 is 6.05. The SMILES string of the molecule is Cc1cc(S(=O)(=O)[C@]2(CC(=O)O)Nc3ccccc3NC2=O)c(C)cc1Cl. The molecule has 0 unspecified atom stereocenters. The van der Waals surface area contributed by atoms with E-state index >= 15 is 0 Å². The number of benzene rings is 2. The first-order valence-corrected chi connectivity index (χ1v) is 9.86. The molecule has 1 atom stereocenters. The Balaban J connectivity index is 2.26. The molecular weight excluding hydrogens is 392 g/mol. The Hall–Kier alpha value is -2.58. The molecule has 1 aliphatic rings. The Morgan fingerprint density at radius 1 is 1.15 bits per heavy atom. The summed E-state index contributed by atoms with van der Waals surface area (Å²) < 4.78 is 27.0. The van der Waals surface area contributed by atoms with Gasteiger partial charge in [0.25, 0.3) is 5.91 Å². The lowest BCUT2D eigenvalue weighted by Gasteiger charge is -2.37. The highest BCUT2D eigenvalue weighted by Crippen LogP contribution is 2.40. The van der Waals surface area contributed by atoms with Gasteiger partial charge < -0.3 is 15.7 Å². The van der Waals surface area contributed by atoms with Gasteiger partial charge in [-0.15, -0.1) is 0 Å². The van der Waals surface area contributed by atoms with Crippen molar-refractivity contribution in [1.29, 1.82) is 0 Å². The van der Waals surface area contributed by atoms with Gasteiger partial charge in [0.15, 0.2) is 0 Å². The third-order valence-electron chi connectivity index (χ3n) is 4.48. The number of halogens is 1. The average molecular weight is 409 g/mol. The highest BCUT2D eigenvalue weighted by atomic mass is 35.5. The van der Waals surface area contributed by atoms with Gasteiger partial charge in [-0.3, -0.25) is 9.59 Å². The number of aryl methyl sites for hydroxylation is 2. The summed E-state index contributed by atoms with van der Waals surface area (Å²) in [5.41, 5.74) is 1.53. The number of anilines is 2. The highest BCUT2D eigenvalue weighted by Gasteiger charge is 2.55. The molecule has 2 aromatic carbocycles. The topological polar surface area (TPSA) is 113 Å². The van der Waals surface area contributed by atoms with E-state index in [1.165, 1.54) is 12.1 Å². The first-order valence-electron chi connectivity index (χ1n) is 8.00. The van der Waals surface area contributed by atoms with Crippen molar-refractivity contribution in [3.05, 3.63) is 52.5 Å². The number of amides is 1. The number of para-hydroxylation sites is 2. The predicted octanol–water partition coefficient (Wildman–Crippen LogP) is 2.97. The first-order chi connectivity index (χ1) is 12.6. The van der Waals surface area contributed by atoms with Gasteiger partial charge in [0, 0.05) is 5.02 Å². The quantitative estimate of drug-likeness (QED) is 0.716. The second kappa shape index (κ2) is 6.54. The average Bonchev–Trinajstić information content (AvgIpc) is 2.58. The molecule has 2 aromatic rings. The van der Waals surface area contributed by atoms with E-state index < -0.39 is 33.0 Å². The van der Waals surface area contributed by atoms with Gasteiger partial charge in [0.05, 0.1) is 22.7 Å². The van der Waals surface area contributed by atoms with Crippen molar-refractivity contribution in [3.8, 4) is 0 Å². The van der Waals surface area contributed by atoms with Crippen LogP contribution in [0.25, 0.3) is 0 Å². The van der Waals surface area contributed by atoms with Crippen LogP contribution in [0.5, 0.6) is 0 Å². The summed E-state index contributed by atoms with van der Waals surface area (Å²) in [6, 6.07) is 9.32. The van der Waals surface area contributed by atoms with Crippen molar-refractivity contribution in [2.75, 3.05) is 10.6 Å². The van der Waals surface area contributed by atoms with E-state index in [1.807, 2.05) is 0 Å². The third kappa shape index (κ3) is 3.04. The second-order valence-corrected chi connectivity index (χ2v) is 8.94. The largest absolute Gasteiger partial charge is 0.481 e. The molecule has 0 saturated heterocycles. The van der Waals surface area contributed by atoms with Crippen LogP contribution in [0.1, 0.15) is 17.5 Å². The van der Waals surface area contributed by atoms with Crippen molar-refractivity contribution >= 4 is 44.7 Å².